The van der Waals surface area contributed by atoms with Gasteiger partial charge in [-0.1, -0.05) is 0 Å². The summed E-state index contributed by atoms with van der Waals surface area (Å²) < 4.78 is 0. The first-order valence-corrected chi connectivity index (χ1v) is 6.12. The molecule has 0 aromatic rings. The fraction of sp³-hybridized carbons (Fsp3) is 0.667. The molecule has 0 spiro atoms. The summed E-state index contributed by atoms with van der Waals surface area (Å²) in [6.45, 7) is 4.44. The predicted octanol–water partition coefficient (Wildman–Crippen LogP) is 0.288. The maximum atomic E-state index is 5.03. The van der Waals surface area contributed by atoms with Gasteiger partial charge in [-0.3, -0.25) is 13.1 Å². The molecule has 13 heavy (non-hydrogen) atoms. The number of rotatable bonds is 4. The van der Waals surface area contributed by atoms with E-state index in [9.17, 15) is 0 Å². The molecule has 0 heterocycles. The van der Waals surface area contributed by atoms with Crippen LogP contribution in [-0.4, -0.2) is 13.1 Å². The van der Waals surface area contributed by atoms with Crippen molar-refractivity contribution in [2.75, 3.05) is 13.1 Å². The molecule has 0 aromatic heterocycles. The second-order valence-corrected chi connectivity index (χ2v) is 3.22. The SMILES string of the molecule is N[CH-]CCN.N[CH-]CCN.[Cl][Cu][Cl]. The van der Waals surface area contributed by atoms with Crippen molar-refractivity contribution in [3.05, 3.63) is 13.1 Å². The number of nitrogens with two attached hydrogens (primary N) is 4. The van der Waals surface area contributed by atoms with Gasteiger partial charge in [-0.05, 0) is 13.1 Å². The van der Waals surface area contributed by atoms with Crippen molar-refractivity contribution in [3.8, 4) is 0 Å². The molecule has 89 valence electrons. The van der Waals surface area contributed by atoms with Crippen molar-refractivity contribution in [2.24, 2.45) is 22.9 Å². The number of halogens is 2. The molecule has 0 aliphatic heterocycles. The van der Waals surface area contributed by atoms with E-state index in [1.54, 1.807) is 13.1 Å². The van der Waals surface area contributed by atoms with Gasteiger partial charge in [0, 0.05) is 0 Å². The molecule has 8 N–H and O–H groups in total. The molecule has 0 aromatic carbocycles. The molecule has 0 fully saturated rings. The minimum absolute atomic E-state index is 0.663. The van der Waals surface area contributed by atoms with Crippen LogP contribution in [0.1, 0.15) is 12.8 Å². The van der Waals surface area contributed by atoms with Gasteiger partial charge >= 0.3 is 33.3 Å². The Kier molecular flexibility index (Phi) is 43.9. The van der Waals surface area contributed by atoms with E-state index < -0.39 is 0 Å². The molecule has 0 aliphatic rings. The summed E-state index contributed by atoms with van der Waals surface area (Å²) in [5.41, 5.74) is 19.9. The zero-order valence-electron chi connectivity index (χ0n) is 7.35. The second-order valence-electron chi connectivity index (χ2n) is 1.67. The van der Waals surface area contributed by atoms with Gasteiger partial charge in [0.05, 0.1) is 0 Å². The summed E-state index contributed by atoms with van der Waals surface area (Å²) >= 11 is 0.757. The zero-order valence-corrected chi connectivity index (χ0v) is 9.80. The summed E-state index contributed by atoms with van der Waals surface area (Å²) in [5, 5.41) is 0. The summed E-state index contributed by atoms with van der Waals surface area (Å²) in [6.07, 6.45) is 1.64. The molecule has 0 atom stereocenters. The first-order chi connectivity index (χ1) is 6.24. The Hall–Kier alpha value is 0.939. The first kappa shape index (κ1) is 19.5. The van der Waals surface area contributed by atoms with Crippen molar-refractivity contribution in [1.29, 1.82) is 0 Å². The Morgan fingerprint density at radius 1 is 0.923 bits per heavy atom. The second kappa shape index (κ2) is 29.3. The average Bonchev–Trinajstić information content (AvgIpc) is 2.09. The zero-order chi connectivity index (χ0) is 10.9. The van der Waals surface area contributed by atoms with Crippen molar-refractivity contribution in [2.45, 2.75) is 12.8 Å². The predicted molar refractivity (Wildman–Crippen MR) is 56.0 cm³/mol. The normalized spacial score (nSPS) is 8.15. The Morgan fingerprint density at radius 2 is 1.15 bits per heavy atom. The van der Waals surface area contributed by atoms with Gasteiger partial charge in [0.2, 0.25) is 0 Å². The van der Waals surface area contributed by atoms with Crippen LogP contribution >= 0.6 is 20.2 Å². The van der Waals surface area contributed by atoms with Crippen molar-refractivity contribution < 1.29 is 13.1 Å². The van der Waals surface area contributed by atoms with Gasteiger partial charge in [0.25, 0.3) is 0 Å². The van der Waals surface area contributed by atoms with Crippen LogP contribution in [0.15, 0.2) is 0 Å². The monoisotopic (exact) mass is 279 g/mol. The van der Waals surface area contributed by atoms with Crippen LogP contribution in [0.3, 0.4) is 0 Å². The van der Waals surface area contributed by atoms with Crippen molar-refractivity contribution >= 4 is 20.2 Å². The van der Waals surface area contributed by atoms with Crippen LogP contribution in [0.4, 0.5) is 0 Å². The van der Waals surface area contributed by atoms with E-state index >= 15 is 0 Å². The van der Waals surface area contributed by atoms with Crippen LogP contribution in [0.5, 0.6) is 0 Å². The van der Waals surface area contributed by atoms with E-state index in [0.29, 0.717) is 13.1 Å². The van der Waals surface area contributed by atoms with E-state index in [-0.39, 0.29) is 0 Å². The van der Waals surface area contributed by atoms with Gasteiger partial charge in [-0.15, -0.1) is 0 Å². The molecule has 0 unspecified atom stereocenters. The molecule has 0 amide bonds. The Labute approximate surface area is 95.3 Å². The van der Waals surface area contributed by atoms with Crippen LogP contribution in [-0.2, 0) is 13.1 Å². The number of hydrogen-bond donors (Lipinski definition) is 4. The van der Waals surface area contributed by atoms with E-state index in [4.69, 9.17) is 22.9 Å². The molecule has 7 heteroatoms. The molecule has 0 aliphatic carbocycles. The minimum atomic E-state index is 0.663. The standard InChI is InChI=1S/2C3H9N2.2ClH.Cu/c2*4-2-1-3-5;;;/h2*2H,1,3-5H2;2*1H;/q2*-1;;;+2/p-2. The maximum absolute atomic E-state index is 5.03. The van der Waals surface area contributed by atoms with Crippen molar-refractivity contribution in [1.82, 2.24) is 0 Å². The molecule has 0 rings (SSSR count). The molecule has 0 saturated carbocycles. The molecular weight excluding hydrogens is 263 g/mol. The van der Waals surface area contributed by atoms with E-state index in [0.717, 1.165) is 26.0 Å². The fourth-order valence-corrected chi connectivity index (χ4v) is 0.192. The third kappa shape index (κ3) is 63.5. The van der Waals surface area contributed by atoms with E-state index in [2.05, 4.69) is 20.2 Å². The van der Waals surface area contributed by atoms with Crippen molar-refractivity contribution in [3.63, 3.8) is 0 Å². The van der Waals surface area contributed by atoms with E-state index in [1.165, 1.54) is 0 Å². The summed E-state index contributed by atoms with van der Waals surface area (Å²) in [7, 11) is 9.34. The third-order valence-electron chi connectivity index (χ3n) is 0.667. The molecular formula is C6H18Cl2CuN4-2. The topological polar surface area (TPSA) is 104 Å². The Bertz CT molecular complexity index is 51.9. The average molecular weight is 281 g/mol. The van der Waals surface area contributed by atoms with Gasteiger partial charge in [0.15, 0.2) is 0 Å². The summed E-state index contributed by atoms with van der Waals surface area (Å²) in [5.74, 6) is 0. The van der Waals surface area contributed by atoms with Gasteiger partial charge in [0.1, 0.15) is 0 Å². The van der Waals surface area contributed by atoms with Crippen LogP contribution in [0.2, 0.25) is 0 Å². The van der Waals surface area contributed by atoms with E-state index in [1.807, 2.05) is 0 Å². The Balaban J connectivity index is -0.000000120. The van der Waals surface area contributed by atoms with Crippen LogP contribution < -0.4 is 22.9 Å². The first-order valence-electron chi connectivity index (χ1n) is 3.53. The van der Waals surface area contributed by atoms with Gasteiger partial charge in [-0.25, -0.2) is 0 Å². The van der Waals surface area contributed by atoms with Gasteiger partial charge < -0.3 is 22.9 Å². The molecule has 0 radical (unpaired) electrons. The van der Waals surface area contributed by atoms with Crippen LogP contribution in [0.25, 0.3) is 0 Å². The quantitative estimate of drug-likeness (QED) is 0.439. The molecule has 0 saturated heterocycles. The molecule has 0 bridgehead atoms. The summed E-state index contributed by atoms with van der Waals surface area (Å²) in [4.78, 5) is 0. The van der Waals surface area contributed by atoms with Crippen LogP contribution in [0, 0.1) is 13.1 Å². The Morgan fingerprint density at radius 3 is 1.15 bits per heavy atom. The summed E-state index contributed by atoms with van der Waals surface area (Å²) in [6, 6.07) is 0. The molecule has 4 nitrogen and oxygen atoms in total. The number of hydrogen-bond acceptors (Lipinski definition) is 4. The van der Waals surface area contributed by atoms with Gasteiger partial charge in [-0.2, -0.15) is 12.8 Å². The third-order valence-corrected chi connectivity index (χ3v) is 0.667. The fourth-order valence-electron chi connectivity index (χ4n) is 0.192.